The molecule has 0 atom stereocenters. The first-order valence-corrected chi connectivity index (χ1v) is 13.3. The van der Waals surface area contributed by atoms with E-state index in [1.807, 2.05) is 32.9 Å². The molecule has 2 aliphatic heterocycles. The molecule has 194 valence electrons. The smallest absolute Gasteiger partial charge is 0.444 e. The molecule has 0 radical (unpaired) electrons. The van der Waals surface area contributed by atoms with Crippen LogP contribution >= 0.6 is 0 Å². The van der Waals surface area contributed by atoms with Gasteiger partial charge < -0.3 is 18.9 Å². The first-order valence-electron chi connectivity index (χ1n) is 13.3. The van der Waals surface area contributed by atoms with Crippen molar-refractivity contribution in [3.05, 3.63) is 18.2 Å². The molecule has 35 heavy (non-hydrogen) atoms. The Hall–Kier alpha value is -1.77. The van der Waals surface area contributed by atoms with Gasteiger partial charge in [0, 0.05) is 32.2 Å². The van der Waals surface area contributed by atoms with E-state index >= 15 is 0 Å². The van der Waals surface area contributed by atoms with Crippen LogP contribution in [0.25, 0.3) is 0 Å². The molecule has 7 nitrogen and oxygen atoms in total. The summed E-state index contributed by atoms with van der Waals surface area (Å²) in [6, 6.07) is 6.77. The maximum Gasteiger partial charge on any atom is 0.494 e. The number of carbonyl (C=O) groups is 1. The number of carbonyl (C=O) groups excluding carboxylic acids is 1. The van der Waals surface area contributed by atoms with Crippen molar-refractivity contribution >= 4 is 30.0 Å². The van der Waals surface area contributed by atoms with Crippen LogP contribution in [-0.2, 0) is 14.0 Å². The Morgan fingerprint density at radius 3 is 2.17 bits per heavy atom. The average molecular weight is 485 g/mol. The molecule has 3 fully saturated rings. The Morgan fingerprint density at radius 2 is 1.60 bits per heavy atom. The molecule has 8 heteroatoms. The van der Waals surface area contributed by atoms with E-state index in [1.54, 1.807) is 0 Å². The Labute approximate surface area is 212 Å². The number of benzene rings is 1. The van der Waals surface area contributed by atoms with Gasteiger partial charge in [-0.1, -0.05) is 25.3 Å². The summed E-state index contributed by atoms with van der Waals surface area (Å²) in [5.41, 5.74) is 1.34. The zero-order valence-corrected chi connectivity index (χ0v) is 22.8. The molecular formula is C27H44BN3O4. The van der Waals surface area contributed by atoms with Crippen molar-refractivity contribution in [2.75, 3.05) is 36.4 Å². The predicted molar refractivity (Wildman–Crippen MR) is 143 cm³/mol. The van der Waals surface area contributed by atoms with Gasteiger partial charge in [0.15, 0.2) is 0 Å². The fraction of sp³-hybridized carbons (Fsp3) is 0.741. The van der Waals surface area contributed by atoms with Gasteiger partial charge in [-0.15, -0.1) is 0 Å². The Kier molecular flexibility index (Phi) is 7.47. The number of hydrogen-bond donors (Lipinski definition) is 1. The van der Waals surface area contributed by atoms with Crippen molar-refractivity contribution in [2.24, 2.45) is 0 Å². The van der Waals surface area contributed by atoms with Crippen molar-refractivity contribution in [1.29, 1.82) is 0 Å². The molecule has 2 heterocycles. The zero-order chi connectivity index (χ0) is 25.4. The quantitative estimate of drug-likeness (QED) is 0.619. The number of nitrogens with zero attached hydrogens (tertiary/aromatic N) is 2. The summed E-state index contributed by atoms with van der Waals surface area (Å²) >= 11 is 0. The van der Waals surface area contributed by atoms with Crippen molar-refractivity contribution in [2.45, 2.75) is 103 Å². The maximum atomic E-state index is 12.6. The van der Waals surface area contributed by atoms with Crippen LogP contribution in [0.2, 0.25) is 0 Å². The number of ether oxygens (including phenoxy) is 1. The van der Waals surface area contributed by atoms with Gasteiger partial charge in [-0.3, -0.25) is 10.2 Å². The lowest BCUT2D eigenvalue weighted by Gasteiger charge is -2.42. The van der Waals surface area contributed by atoms with E-state index in [-0.39, 0.29) is 0 Å². The van der Waals surface area contributed by atoms with Gasteiger partial charge >= 0.3 is 13.2 Å². The zero-order valence-electron chi connectivity index (χ0n) is 22.8. The molecule has 1 amide bonds. The highest BCUT2D eigenvalue weighted by molar-refractivity contribution is 6.62. The minimum absolute atomic E-state index is 0.406. The molecule has 0 unspecified atom stereocenters. The van der Waals surface area contributed by atoms with Gasteiger partial charge in [0.1, 0.15) is 5.60 Å². The normalized spacial score (nSPS) is 23.4. The molecule has 0 bridgehead atoms. The van der Waals surface area contributed by atoms with Crippen LogP contribution in [0.5, 0.6) is 0 Å². The number of hydrogen-bond acceptors (Lipinski definition) is 6. The second-order valence-electron chi connectivity index (χ2n) is 12.3. The molecule has 1 N–H and O–H groups in total. The number of amides is 1. The van der Waals surface area contributed by atoms with Crippen LogP contribution in [0.4, 0.5) is 16.2 Å². The molecule has 0 aromatic heterocycles. The largest absolute Gasteiger partial charge is 0.494 e. The van der Waals surface area contributed by atoms with Crippen molar-refractivity contribution in [3.63, 3.8) is 0 Å². The standard InChI is InChI=1S/C27H44BN3O4/c1-25(2,3)33-24(32)29-22-14-13-20(28-34-26(4,5)27(6,7)35-28)19-23(22)31-17-15-30(16-18-31)21-11-9-8-10-12-21/h13-14,19,21H,8-12,15-18H2,1-7H3,(H,29,32). The topological polar surface area (TPSA) is 63.3 Å². The highest BCUT2D eigenvalue weighted by Gasteiger charge is 2.51. The summed E-state index contributed by atoms with van der Waals surface area (Å²) in [5.74, 6) is 0. The number of anilines is 2. The number of piperazine rings is 1. The highest BCUT2D eigenvalue weighted by Crippen LogP contribution is 2.37. The van der Waals surface area contributed by atoms with Gasteiger partial charge in [0.05, 0.1) is 22.6 Å². The fourth-order valence-electron chi connectivity index (χ4n) is 5.23. The molecule has 2 saturated heterocycles. The Bertz CT molecular complexity index is 884. The minimum Gasteiger partial charge on any atom is -0.444 e. The first kappa shape index (κ1) is 26.3. The van der Waals surface area contributed by atoms with E-state index in [1.165, 1.54) is 32.1 Å². The number of rotatable bonds is 4. The Morgan fingerprint density at radius 1 is 1.00 bits per heavy atom. The van der Waals surface area contributed by atoms with Crippen LogP contribution in [0, 0.1) is 0 Å². The van der Waals surface area contributed by atoms with Gasteiger partial charge in [0.2, 0.25) is 0 Å². The first-order chi connectivity index (χ1) is 16.3. The van der Waals surface area contributed by atoms with Crippen LogP contribution in [0.1, 0.15) is 80.6 Å². The minimum atomic E-state index is -0.557. The molecule has 0 spiro atoms. The van der Waals surface area contributed by atoms with Crippen LogP contribution in [0.3, 0.4) is 0 Å². The summed E-state index contributed by atoms with van der Waals surface area (Å²) in [7, 11) is -0.446. The molecule has 1 aromatic carbocycles. The Balaban J connectivity index is 1.55. The van der Waals surface area contributed by atoms with Gasteiger partial charge in [0.25, 0.3) is 0 Å². The summed E-state index contributed by atoms with van der Waals surface area (Å²) in [4.78, 5) is 17.7. The maximum absolute atomic E-state index is 12.6. The second kappa shape index (κ2) is 9.94. The van der Waals surface area contributed by atoms with E-state index < -0.39 is 30.0 Å². The van der Waals surface area contributed by atoms with Crippen LogP contribution in [0.15, 0.2) is 18.2 Å². The van der Waals surface area contributed by atoms with E-state index in [0.29, 0.717) is 0 Å². The van der Waals surface area contributed by atoms with Gasteiger partial charge in [-0.05, 0) is 78.9 Å². The fourth-order valence-corrected chi connectivity index (χ4v) is 5.23. The van der Waals surface area contributed by atoms with Crippen LogP contribution in [-0.4, -0.2) is 67.1 Å². The SMILES string of the molecule is CC(C)(C)OC(=O)Nc1ccc(B2OC(C)(C)C(C)(C)O2)cc1N1CCN(C2CCCCC2)CC1. The lowest BCUT2D eigenvalue weighted by atomic mass is 9.78. The van der Waals surface area contributed by atoms with E-state index in [9.17, 15) is 4.79 Å². The van der Waals surface area contributed by atoms with Gasteiger partial charge in [-0.2, -0.15) is 0 Å². The molecule has 1 aromatic rings. The van der Waals surface area contributed by atoms with Crippen molar-refractivity contribution in [3.8, 4) is 0 Å². The summed E-state index contributed by atoms with van der Waals surface area (Å²) in [6.07, 6.45) is 6.28. The summed E-state index contributed by atoms with van der Waals surface area (Å²) < 4.78 is 18.2. The molecule has 3 aliphatic rings. The van der Waals surface area contributed by atoms with Gasteiger partial charge in [-0.25, -0.2) is 4.79 Å². The molecule has 4 rings (SSSR count). The summed E-state index contributed by atoms with van der Waals surface area (Å²) in [5, 5.41) is 2.99. The second-order valence-corrected chi connectivity index (χ2v) is 12.3. The van der Waals surface area contributed by atoms with E-state index in [2.05, 4.69) is 48.9 Å². The highest BCUT2D eigenvalue weighted by atomic mass is 16.7. The van der Waals surface area contributed by atoms with E-state index in [4.69, 9.17) is 14.0 Å². The third kappa shape index (κ3) is 6.15. The van der Waals surface area contributed by atoms with E-state index in [0.717, 1.165) is 49.1 Å². The lowest BCUT2D eigenvalue weighted by Crippen LogP contribution is -2.51. The third-order valence-corrected chi connectivity index (χ3v) is 7.93. The summed E-state index contributed by atoms with van der Waals surface area (Å²) in [6.45, 7) is 17.8. The monoisotopic (exact) mass is 485 g/mol. The molecule has 1 aliphatic carbocycles. The average Bonchev–Trinajstić information content (AvgIpc) is 3.00. The predicted octanol–water partition coefficient (Wildman–Crippen LogP) is 4.79. The molecular weight excluding hydrogens is 441 g/mol. The number of nitrogens with one attached hydrogen (secondary N) is 1. The molecule has 1 saturated carbocycles. The van der Waals surface area contributed by atoms with Crippen molar-refractivity contribution < 1.29 is 18.8 Å². The third-order valence-electron chi connectivity index (χ3n) is 7.93. The van der Waals surface area contributed by atoms with Crippen LogP contribution < -0.4 is 15.7 Å². The lowest BCUT2D eigenvalue weighted by molar-refractivity contribution is 0.00578. The van der Waals surface area contributed by atoms with Crippen molar-refractivity contribution in [1.82, 2.24) is 4.90 Å².